The molecule has 32 heavy (non-hydrogen) atoms. The van der Waals surface area contributed by atoms with Gasteiger partial charge in [-0.3, -0.25) is 4.90 Å². The monoisotopic (exact) mass is 475 g/mol. The fourth-order valence-electron chi connectivity index (χ4n) is 4.13. The maximum atomic E-state index is 13.5. The number of halogens is 1. The SMILES string of the molecule is CC(C)(C)C(OC(=O)N1C2CCC1(C#Cc1ccc(Cl)cc1)CC2)O[Si](C)(C)C(C)(C)C. The average molecular weight is 476 g/mol. The number of hydrogen-bond donors (Lipinski definition) is 0. The third-order valence-corrected chi connectivity index (χ3v) is 11.9. The number of nitrogens with zero attached hydrogens (tertiary/aromatic N) is 1. The number of fused-ring (bicyclic) bond motifs is 2. The molecule has 4 nitrogen and oxygen atoms in total. The summed E-state index contributed by atoms with van der Waals surface area (Å²) < 4.78 is 12.7. The fraction of sp³-hybridized carbons (Fsp3) is 0.654. The lowest BCUT2D eigenvalue weighted by molar-refractivity contribution is -0.118. The summed E-state index contributed by atoms with van der Waals surface area (Å²) in [7, 11) is -2.12. The molecule has 0 radical (unpaired) electrons. The largest absolute Gasteiger partial charge is 0.420 e. The standard InChI is InChI=1S/C26H38ClNO3Si/c1-24(2,3)22(31-32(7,8)25(4,5)6)30-23(29)28-21-14-17-26(28,18-15-21)16-13-19-9-11-20(27)12-10-19/h9-12,21-22H,14-15,17-18H2,1-8H3. The Balaban J connectivity index is 1.82. The zero-order valence-corrected chi connectivity index (χ0v) is 22.6. The second-order valence-corrected chi connectivity index (χ2v) is 17.0. The van der Waals surface area contributed by atoms with Crippen molar-refractivity contribution in [2.75, 3.05) is 0 Å². The Morgan fingerprint density at radius 1 is 1.12 bits per heavy atom. The summed E-state index contributed by atoms with van der Waals surface area (Å²) in [6, 6.07) is 7.70. The number of ether oxygens (including phenoxy) is 1. The molecule has 0 aliphatic carbocycles. The first-order valence-corrected chi connectivity index (χ1v) is 14.9. The lowest BCUT2D eigenvalue weighted by atomic mass is 9.88. The highest BCUT2D eigenvalue weighted by Crippen LogP contribution is 2.47. The zero-order valence-electron chi connectivity index (χ0n) is 20.8. The first-order valence-electron chi connectivity index (χ1n) is 11.6. The van der Waals surface area contributed by atoms with Crippen LogP contribution < -0.4 is 0 Å². The molecule has 2 heterocycles. The van der Waals surface area contributed by atoms with Crippen molar-refractivity contribution in [3.63, 3.8) is 0 Å². The molecule has 0 saturated carbocycles. The number of rotatable bonds is 3. The minimum atomic E-state index is -2.12. The van der Waals surface area contributed by atoms with Crippen molar-refractivity contribution in [3.8, 4) is 11.8 Å². The molecule has 2 bridgehead atoms. The van der Waals surface area contributed by atoms with Crippen molar-refractivity contribution in [2.24, 2.45) is 5.41 Å². The highest BCUT2D eigenvalue weighted by atomic mass is 35.5. The predicted octanol–water partition coefficient (Wildman–Crippen LogP) is 7.22. The van der Waals surface area contributed by atoms with Gasteiger partial charge in [-0.15, -0.1) is 0 Å². The van der Waals surface area contributed by atoms with E-state index in [4.69, 9.17) is 20.8 Å². The third-order valence-electron chi connectivity index (χ3n) is 7.21. The molecule has 1 amide bonds. The third kappa shape index (κ3) is 5.19. The van der Waals surface area contributed by atoms with Gasteiger partial charge in [-0.05, 0) is 68.1 Å². The van der Waals surface area contributed by atoms with E-state index in [9.17, 15) is 4.79 Å². The topological polar surface area (TPSA) is 38.8 Å². The van der Waals surface area contributed by atoms with Crippen LogP contribution in [0, 0.1) is 17.3 Å². The summed E-state index contributed by atoms with van der Waals surface area (Å²) in [4.78, 5) is 15.4. The van der Waals surface area contributed by atoms with Gasteiger partial charge in [0, 0.05) is 22.0 Å². The van der Waals surface area contributed by atoms with Gasteiger partial charge in [0.15, 0.2) is 8.32 Å². The van der Waals surface area contributed by atoms with Crippen molar-refractivity contribution < 1.29 is 14.0 Å². The first-order chi connectivity index (χ1) is 14.6. The van der Waals surface area contributed by atoms with E-state index in [1.54, 1.807) is 0 Å². The van der Waals surface area contributed by atoms with Crippen molar-refractivity contribution in [3.05, 3.63) is 34.9 Å². The smallest absolute Gasteiger partial charge is 0.413 e. The van der Waals surface area contributed by atoms with E-state index in [0.29, 0.717) is 5.02 Å². The van der Waals surface area contributed by atoms with E-state index in [2.05, 4.69) is 66.5 Å². The molecule has 0 N–H and O–H groups in total. The summed E-state index contributed by atoms with van der Waals surface area (Å²) in [5.41, 5.74) is 0.119. The van der Waals surface area contributed by atoms with E-state index < -0.39 is 20.1 Å². The maximum absolute atomic E-state index is 13.5. The number of carbonyl (C=O) groups excluding carboxylic acids is 1. The summed E-state index contributed by atoms with van der Waals surface area (Å²) in [5, 5.41) is 0.719. The fourth-order valence-corrected chi connectivity index (χ4v) is 5.55. The van der Waals surface area contributed by atoms with Crippen LogP contribution in [0.4, 0.5) is 4.79 Å². The maximum Gasteiger partial charge on any atom is 0.413 e. The molecule has 176 valence electrons. The van der Waals surface area contributed by atoms with E-state index in [1.807, 2.05) is 29.2 Å². The Morgan fingerprint density at radius 2 is 1.69 bits per heavy atom. The number of hydrogen-bond acceptors (Lipinski definition) is 3. The number of amides is 1. The van der Waals surface area contributed by atoms with Gasteiger partial charge in [0.2, 0.25) is 6.29 Å². The van der Waals surface area contributed by atoms with Crippen molar-refractivity contribution in [1.29, 1.82) is 0 Å². The molecule has 2 aliphatic heterocycles. The van der Waals surface area contributed by atoms with Gasteiger partial charge < -0.3 is 9.16 Å². The Hall–Kier alpha value is -1.48. The minimum absolute atomic E-state index is 0.0286. The van der Waals surface area contributed by atoms with Crippen molar-refractivity contribution >= 4 is 26.0 Å². The Morgan fingerprint density at radius 3 is 2.19 bits per heavy atom. The minimum Gasteiger partial charge on any atom is -0.420 e. The first kappa shape index (κ1) is 25.1. The van der Waals surface area contributed by atoms with Gasteiger partial charge >= 0.3 is 6.09 Å². The number of benzene rings is 1. The lowest BCUT2D eigenvalue weighted by Gasteiger charge is -2.43. The second-order valence-electron chi connectivity index (χ2n) is 11.8. The summed E-state index contributed by atoms with van der Waals surface area (Å²) >= 11 is 6.00. The van der Waals surface area contributed by atoms with Gasteiger partial charge in [0.1, 0.15) is 5.54 Å². The van der Waals surface area contributed by atoms with Gasteiger partial charge in [-0.25, -0.2) is 4.79 Å². The van der Waals surface area contributed by atoms with Crippen LogP contribution in [-0.2, 0) is 9.16 Å². The lowest BCUT2D eigenvalue weighted by Crippen LogP contribution is -2.52. The van der Waals surface area contributed by atoms with Gasteiger partial charge in [0.05, 0.1) is 0 Å². The van der Waals surface area contributed by atoms with Gasteiger partial charge in [-0.2, -0.15) is 0 Å². The molecule has 6 heteroatoms. The highest BCUT2D eigenvalue weighted by molar-refractivity contribution is 6.74. The molecule has 1 aromatic rings. The highest BCUT2D eigenvalue weighted by Gasteiger charge is 2.55. The summed E-state index contributed by atoms with van der Waals surface area (Å²) in [6.07, 6.45) is 2.81. The van der Waals surface area contributed by atoms with E-state index in [-0.39, 0.29) is 22.6 Å². The molecule has 0 spiro atoms. The van der Waals surface area contributed by atoms with E-state index in [1.165, 1.54) is 0 Å². The van der Waals surface area contributed by atoms with Crippen LogP contribution in [0.1, 0.15) is 72.8 Å². The Kier molecular flexibility index (Phi) is 6.84. The van der Waals surface area contributed by atoms with Gasteiger partial charge in [0.25, 0.3) is 0 Å². The Bertz CT molecular complexity index is 894. The van der Waals surface area contributed by atoms with Crippen LogP contribution in [0.25, 0.3) is 0 Å². The molecule has 2 fully saturated rings. The molecule has 1 unspecified atom stereocenters. The Labute approximate surface area is 200 Å². The van der Waals surface area contributed by atoms with Crippen LogP contribution in [0.3, 0.4) is 0 Å². The summed E-state index contributed by atoms with van der Waals surface area (Å²) in [6.45, 7) is 17.2. The zero-order chi connectivity index (χ0) is 23.9. The van der Waals surface area contributed by atoms with Crippen molar-refractivity contribution in [1.82, 2.24) is 4.90 Å². The molecule has 1 aromatic carbocycles. The molecule has 2 saturated heterocycles. The van der Waals surface area contributed by atoms with Crippen LogP contribution in [0.2, 0.25) is 23.2 Å². The van der Waals surface area contributed by atoms with Gasteiger partial charge in [-0.1, -0.05) is 65.0 Å². The average Bonchev–Trinajstić information content (AvgIpc) is 3.21. The van der Waals surface area contributed by atoms with E-state index in [0.717, 1.165) is 31.2 Å². The molecular weight excluding hydrogens is 438 g/mol. The van der Waals surface area contributed by atoms with Crippen molar-refractivity contribution in [2.45, 2.75) is 103 Å². The normalized spacial score (nSPS) is 24.2. The number of carbonyl (C=O) groups is 1. The molecular formula is C26H38ClNO3Si. The van der Waals surface area contributed by atoms with Crippen LogP contribution in [-0.4, -0.2) is 37.2 Å². The van der Waals surface area contributed by atoms with E-state index >= 15 is 0 Å². The molecule has 3 rings (SSSR count). The molecule has 0 aromatic heterocycles. The molecule has 1 atom stereocenters. The summed E-state index contributed by atoms with van der Waals surface area (Å²) in [5.74, 6) is 6.71. The second kappa shape index (κ2) is 8.70. The quantitative estimate of drug-likeness (QED) is 0.263. The molecule has 2 aliphatic rings. The van der Waals surface area contributed by atoms with Crippen LogP contribution in [0.15, 0.2) is 24.3 Å². The van der Waals surface area contributed by atoms with Crippen LogP contribution >= 0.6 is 11.6 Å². The predicted molar refractivity (Wildman–Crippen MR) is 133 cm³/mol. The van der Waals surface area contributed by atoms with Crippen LogP contribution in [0.5, 0.6) is 0 Å².